The molecule has 1 fully saturated rings. The van der Waals surface area contributed by atoms with Gasteiger partial charge in [-0.3, -0.25) is 14.4 Å². The number of amides is 1. The summed E-state index contributed by atoms with van der Waals surface area (Å²) in [6.07, 6.45) is -7.94. The Hall–Kier alpha value is -5.18. The van der Waals surface area contributed by atoms with Crippen LogP contribution in [0.1, 0.15) is 38.8 Å². The first-order valence-electron chi connectivity index (χ1n) is 14.5. The number of hydrogen-bond donors (Lipinski definition) is 1. The van der Waals surface area contributed by atoms with Crippen molar-refractivity contribution in [1.82, 2.24) is 5.32 Å². The Bertz CT molecular complexity index is 1420. The molecule has 1 saturated heterocycles. The lowest BCUT2D eigenvalue weighted by molar-refractivity contribution is -0.284. The van der Waals surface area contributed by atoms with E-state index in [1.165, 1.54) is 6.92 Å². The Morgan fingerprint density at radius 1 is 0.830 bits per heavy atom. The van der Waals surface area contributed by atoms with Gasteiger partial charge in [-0.2, -0.15) is 0 Å². The highest BCUT2D eigenvalue weighted by atomic mass is 16.7. The van der Waals surface area contributed by atoms with Crippen molar-refractivity contribution in [1.29, 1.82) is 0 Å². The first kappa shape index (κ1) is 36.3. The summed E-state index contributed by atoms with van der Waals surface area (Å²) in [6.45, 7) is 4.01. The highest BCUT2D eigenvalue weighted by Crippen LogP contribution is 2.31. The van der Waals surface area contributed by atoms with Crippen LogP contribution in [-0.4, -0.2) is 79.4 Å². The highest BCUT2D eigenvalue weighted by Gasteiger charge is 2.51. The van der Waals surface area contributed by atoms with E-state index in [1.54, 1.807) is 60.7 Å². The third-order valence-electron chi connectivity index (χ3n) is 6.64. The molecule has 1 heterocycles. The molecule has 0 spiro atoms. The predicted octanol–water partition coefficient (Wildman–Crippen LogP) is 3.26. The number of carbonyl (C=O) groups excluding carboxylic acids is 5. The molecule has 47 heavy (non-hydrogen) atoms. The van der Waals surface area contributed by atoms with Gasteiger partial charge in [0, 0.05) is 25.7 Å². The average molecular weight is 657 g/mol. The summed E-state index contributed by atoms with van der Waals surface area (Å²) in [6, 6.07) is 14.6. The first-order valence-corrected chi connectivity index (χ1v) is 14.5. The molecular weight excluding hydrogens is 620 g/mol. The Labute approximate surface area is 270 Å². The monoisotopic (exact) mass is 656 g/mol. The molecular formula is C31H36N4O12. The summed E-state index contributed by atoms with van der Waals surface area (Å²) in [5, 5.41) is 6.12. The maximum atomic E-state index is 13.4. The molecule has 252 valence electrons. The topological polar surface area (TPSA) is 211 Å². The number of rotatable bonds is 14. The third-order valence-corrected chi connectivity index (χ3v) is 6.64. The Morgan fingerprint density at radius 2 is 1.38 bits per heavy atom. The molecule has 2 aromatic rings. The molecule has 0 radical (unpaired) electrons. The maximum Gasteiger partial charge on any atom is 0.408 e. The molecule has 0 unspecified atom stereocenters. The number of benzene rings is 2. The minimum atomic E-state index is -1.58. The minimum absolute atomic E-state index is 0.0994. The molecule has 0 bridgehead atoms. The Kier molecular flexibility index (Phi) is 14.0. The number of azide groups is 1. The van der Waals surface area contributed by atoms with Gasteiger partial charge in [0.2, 0.25) is 0 Å². The molecule has 1 amide bonds. The molecule has 1 N–H and O–H groups in total. The maximum absolute atomic E-state index is 13.4. The van der Waals surface area contributed by atoms with Gasteiger partial charge in [0.25, 0.3) is 0 Å². The second kappa shape index (κ2) is 18.1. The molecule has 7 atom stereocenters. The fourth-order valence-electron chi connectivity index (χ4n) is 4.55. The summed E-state index contributed by atoms with van der Waals surface area (Å²) in [4.78, 5) is 64.6. The van der Waals surface area contributed by atoms with E-state index in [9.17, 15) is 29.5 Å². The fraction of sp³-hybridized carbons (Fsp3) is 0.452. The second-order valence-corrected chi connectivity index (χ2v) is 10.3. The first-order chi connectivity index (χ1) is 22.5. The normalized spacial score (nSPS) is 21.5. The standard InChI is InChI=1S/C31H36N4O12/c1-18(25(29(39)42-15-22-11-7-5-8-12-22)33-31(40)43-16-23-13-9-6-10-14-23)44-30-26(34-35-32)28(46-21(4)38)27(45-20(3)37)24(47-30)17-41-19(2)36/h5-14,18,24-28,30H,15-17H2,1-4H3,(H,33,40)/t18-,24-,25+,26-,27+,28-,30+/m1/s1. The molecule has 0 aliphatic carbocycles. The largest absolute Gasteiger partial charge is 0.463 e. The van der Waals surface area contributed by atoms with Gasteiger partial charge >= 0.3 is 30.0 Å². The van der Waals surface area contributed by atoms with E-state index >= 15 is 0 Å². The molecule has 1 aliphatic heterocycles. The lowest BCUT2D eigenvalue weighted by atomic mass is 9.96. The molecule has 3 rings (SSSR count). The van der Waals surface area contributed by atoms with Crippen molar-refractivity contribution in [2.75, 3.05) is 6.61 Å². The van der Waals surface area contributed by atoms with Crippen LogP contribution in [0.15, 0.2) is 65.8 Å². The number of esters is 4. The van der Waals surface area contributed by atoms with Crippen molar-refractivity contribution in [3.8, 4) is 0 Å². The summed E-state index contributed by atoms with van der Waals surface area (Å²) >= 11 is 0. The summed E-state index contributed by atoms with van der Waals surface area (Å²) in [5.41, 5.74) is 10.7. The molecule has 2 aromatic carbocycles. The van der Waals surface area contributed by atoms with Crippen LogP contribution >= 0.6 is 0 Å². The molecule has 1 aliphatic rings. The quantitative estimate of drug-likeness (QED) is 0.102. The van der Waals surface area contributed by atoms with Crippen molar-refractivity contribution < 1.29 is 57.1 Å². The number of nitrogens with one attached hydrogen (secondary N) is 1. The van der Waals surface area contributed by atoms with E-state index in [4.69, 9.17) is 33.2 Å². The zero-order valence-corrected chi connectivity index (χ0v) is 26.2. The van der Waals surface area contributed by atoms with E-state index in [0.29, 0.717) is 11.1 Å². The lowest BCUT2D eigenvalue weighted by Crippen LogP contribution is -2.62. The highest BCUT2D eigenvalue weighted by molar-refractivity contribution is 5.82. The van der Waals surface area contributed by atoms with Crippen molar-refractivity contribution >= 4 is 30.0 Å². The zero-order chi connectivity index (χ0) is 34.3. The van der Waals surface area contributed by atoms with Crippen LogP contribution < -0.4 is 5.32 Å². The number of alkyl carbamates (subject to hydrolysis) is 1. The average Bonchev–Trinajstić information content (AvgIpc) is 3.03. The van der Waals surface area contributed by atoms with E-state index in [-0.39, 0.29) is 13.2 Å². The fourth-order valence-corrected chi connectivity index (χ4v) is 4.55. The van der Waals surface area contributed by atoms with Crippen molar-refractivity contribution in [2.45, 2.75) is 83.7 Å². The predicted molar refractivity (Wildman–Crippen MR) is 160 cm³/mol. The summed E-state index contributed by atoms with van der Waals surface area (Å²) in [5.74, 6) is -3.22. The van der Waals surface area contributed by atoms with Gasteiger partial charge in [0.15, 0.2) is 24.5 Å². The molecule has 16 heteroatoms. The summed E-state index contributed by atoms with van der Waals surface area (Å²) < 4.78 is 38.5. The SMILES string of the molecule is CC(=O)OC[C@H]1O[C@H](O[C@H](C)[C@H](NC(=O)OCc2ccccc2)C(=O)OCc2ccccc2)[C@H](N=[N+]=[N-])[C@@H](OC(C)=O)[C@H]1OC(C)=O. The van der Waals surface area contributed by atoms with Gasteiger partial charge in [0.1, 0.15) is 32.0 Å². The van der Waals surface area contributed by atoms with E-state index in [2.05, 4.69) is 15.3 Å². The second-order valence-electron chi connectivity index (χ2n) is 10.3. The van der Waals surface area contributed by atoms with Crippen LogP contribution in [0.3, 0.4) is 0 Å². The molecule has 16 nitrogen and oxygen atoms in total. The summed E-state index contributed by atoms with van der Waals surface area (Å²) in [7, 11) is 0. The van der Waals surface area contributed by atoms with Crippen LogP contribution in [0.5, 0.6) is 0 Å². The van der Waals surface area contributed by atoms with Gasteiger partial charge in [-0.05, 0) is 23.6 Å². The minimum Gasteiger partial charge on any atom is -0.463 e. The van der Waals surface area contributed by atoms with Gasteiger partial charge in [-0.25, -0.2) is 9.59 Å². The zero-order valence-electron chi connectivity index (χ0n) is 26.2. The number of ether oxygens (including phenoxy) is 7. The number of hydrogen-bond acceptors (Lipinski definition) is 13. The molecule has 0 saturated carbocycles. The van der Waals surface area contributed by atoms with Gasteiger partial charge in [-0.15, -0.1) is 0 Å². The smallest absolute Gasteiger partial charge is 0.408 e. The molecule has 0 aromatic heterocycles. The van der Waals surface area contributed by atoms with Crippen LogP contribution in [-0.2, 0) is 65.5 Å². The number of carbonyl (C=O) groups is 5. The lowest BCUT2D eigenvalue weighted by Gasteiger charge is -2.44. The van der Waals surface area contributed by atoms with Crippen molar-refractivity contribution in [3.05, 3.63) is 82.2 Å². The van der Waals surface area contributed by atoms with Gasteiger partial charge < -0.3 is 38.5 Å². The Morgan fingerprint density at radius 3 is 1.91 bits per heavy atom. The van der Waals surface area contributed by atoms with Crippen molar-refractivity contribution in [2.24, 2.45) is 5.11 Å². The van der Waals surface area contributed by atoms with E-state index < -0.39 is 79.4 Å². The van der Waals surface area contributed by atoms with Crippen molar-refractivity contribution in [3.63, 3.8) is 0 Å². The van der Waals surface area contributed by atoms with Crippen LogP contribution in [0.4, 0.5) is 4.79 Å². The number of nitrogens with zero attached hydrogens (tertiary/aromatic N) is 3. The Balaban J connectivity index is 1.88. The van der Waals surface area contributed by atoms with Crippen LogP contribution in [0.2, 0.25) is 0 Å². The third kappa shape index (κ3) is 11.6. The van der Waals surface area contributed by atoms with Gasteiger partial charge in [0.05, 0.1) is 6.10 Å². The van der Waals surface area contributed by atoms with E-state index in [0.717, 1.165) is 20.8 Å². The van der Waals surface area contributed by atoms with Crippen LogP contribution in [0, 0.1) is 0 Å². The van der Waals surface area contributed by atoms with Crippen LogP contribution in [0.25, 0.3) is 10.4 Å². The van der Waals surface area contributed by atoms with Gasteiger partial charge in [-0.1, -0.05) is 65.8 Å². The van der Waals surface area contributed by atoms with E-state index in [1.807, 2.05) is 0 Å².